The van der Waals surface area contributed by atoms with Crippen molar-refractivity contribution in [2.24, 2.45) is 0 Å². The van der Waals surface area contributed by atoms with Gasteiger partial charge in [0.1, 0.15) is 0 Å². The first kappa shape index (κ1) is 17.5. The Morgan fingerprint density at radius 2 is 1.96 bits per heavy atom. The molecule has 1 atom stereocenters. The van der Waals surface area contributed by atoms with Crippen molar-refractivity contribution in [3.05, 3.63) is 66.4 Å². The predicted octanol–water partition coefficient (Wildman–Crippen LogP) is 2.43. The van der Waals surface area contributed by atoms with Crippen LogP contribution in [-0.2, 0) is 6.54 Å². The first-order valence-corrected chi connectivity index (χ1v) is 8.19. The van der Waals surface area contributed by atoms with Crippen molar-refractivity contribution in [1.29, 1.82) is 0 Å². The van der Waals surface area contributed by atoms with E-state index in [1.807, 2.05) is 36.8 Å². The summed E-state index contributed by atoms with van der Waals surface area (Å²) in [5, 5.41) is 11.1. The highest BCUT2D eigenvalue weighted by Gasteiger charge is 2.24. The van der Waals surface area contributed by atoms with Gasteiger partial charge in [-0.15, -0.1) is 12.4 Å². The van der Waals surface area contributed by atoms with Gasteiger partial charge >= 0.3 is 0 Å². The Bertz CT molecular complexity index is 777. The average Bonchev–Trinajstić information content (AvgIpc) is 3.12. The molecule has 6 nitrogen and oxygen atoms in total. The highest BCUT2D eigenvalue weighted by atomic mass is 35.5. The summed E-state index contributed by atoms with van der Waals surface area (Å²) >= 11 is 0. The van der Waals surface area contributed by atoms with Gasteiger partial charge in [0.15, 0.2) is 0 Å². The Kier molecular flexibility index (Phi) is 5.75. The van der Waals surface area contributed by atoms with Gasteiger partial charge in [0.05, 0.1) is 5.69 Å². The lowest BCUT2D eigenvalue weighted by molar-refractivity contribution is 0.151. The molecule has 4 heterocycles. The second-order valence-corrected chi connectivity index (χ2v) is 6.00. The molecule has 2 N–H and O–H groups in total. The van der Waals surface area contributed by atoms with Gasteiger partial charge in [-0.1, -0.05) is 6.07 Å². The van der Waals surface area contributed by atoms with Crippen LogP contribution in [-0.4, -0.2) is 44.7 Å². The summed E-state index contributed by atoms with van der Waals surface area (Å²) in [7, 11) is 0. The van der Waals surface area contributed by atoms with Gasteiger partial charge in [-0.25, -0.2) is 0 Å². The minimum absolute atomic E-state index is 0. The SMILES string of the molecule is Cl.c1cncc(-c2cc(CN3CCNCC3c3cccnc3)[nH]n2)c1. The van der Waals surface area contributed by atoms with E-state index in [2.05, 4.69) is 42.5 Å². The average molecular weight is 357 g/mol. The lowest BCUT2D eigenvalue weighted by atomic mass is 10.1. The van der Waals surface area contributed by atoms with Crippen LogP contribution < -0.4 is 5.32 Å². The number of piperazine rings is 1. The molecule has 0 bridgehead atoms. The summed E-state index contributed by atoms with van der Waals surface area (Å²) in [4.78, 5) is 10.9. The van der Waals surface area contributed by atoms with Crippen molar-refractivity contribution >= 4 is 12.4 Å². The molecule has 4 rings (SSSR count). The Hall–Kier alpha value is -2.28. The molecule has 7 heteroatoms. The molecule has 1 aliphatic heterocycles. The maximum absolute atomic E-state index is 4.43. The minimum atomic E-state index is 0. The van der Waals surface area contributed by atoms with E-state index in [1.165, 1.54) is 5.56 Å². The molecule has 0 radical (unpaired) electrons. The van der Waals surface area contributed by atoms with E-state index < -0.39 is 0 Å². The van der Waals surface area contributed by atoms with Crippen LogP contribution in [0.1, 0.15) is 17.3 Å². The van der Waals surface area contributed by atoms with Crippen LogP contribution >= 0.6 is 12.4 Å². The van der Waals surface area contributed by atoms with Gasteiger partial charge in [0.2, 0.25) is 0 Å². The number of rotatable bonds is 4. The standard InChI is InChI=1S/C18H20N6.ClH/c1-3-14(10-19-5-1)17-9-16(22-23-17)13-24-8-7-21-12-18(24)15-4-2-6-20-11-15;/h1-6,9-11,18,21H,7-8,12-13H2,(H,22,23);1H. The highest BCUT2D eigenvalue weighted by Crippen LogP contribution is 2.24. The molecule has 3 aromatic heterocycles. The van der Waals surface area contributed by atoms with E-state index in [0.717, 1.165) is 43.1 Å². The number of aromatic nitrogens is 4. The fourth-order valence-electron chi connectivity index (χ4n) is 3.16. The number of halogens is 1. The van der Waals surface area contributed by atoms with E-state index in [-0.39, 0.29) is 12.4 Å². The van der Waals surface area contributed by atoms with Crippen LogP contribution in [0.4, 0.5) is 0 Å². The van der Waals surface area contributed by atoms with E-state index in [9.17, 15) is 0 Å². The lowest BCUT2D eigenvalue weighted by Crippen LogP contribution is -2.45. The Morgan fingerprint density at radius 3 is 2.72 bits per heavy atom. The molecule has 0 spiro atoms. The third-order valence-electron chi connectivity index (χ3n) is 4.39. The minimum Gasteiger partial charge on any atom is -0.314 e. The summed E-state index contributed by atoms with van der Waals surface area (Å²) < 4.78 is 0. The number of nitrogens with zero attached hydrogens (tertiary/aromatic N) is 4. The number of nitrogens with one attached hydrogen (secondary N) is 2. The van der Waals surface area contributed by atoms with Crippen LogP contribution in [0.5, 0.6) is 0 Å². The van der Waals surface area contributed by atoms with Gasteiger partial charge in [-0.05, 0) is 29.8 Å². The van der Waals surface area contributed by atoms with E-state index in [0.29, 0.717) is 6.04 Å². The van der Waals surface area contributed by atoms with Crippen LogP contribution in [0, 0.1) is 0 Å². The first-order chi connectivity index (χ1) is 11.9. The van der Waals surface area contributed by atoms with Crippen molar-refractivity contribution in [3.63, 3.8) is 0 Å². The van der Waals surface area contributed by atoms with Crippen molar-refractivity contribution in [3.8, 4) is 11.3 Å². The fraction of sp³-hybridized carbons (Fsp3) is 0.278. The number of aromatic amines is 1. The van der Waals surface area contributed by atoms with Gasteiger partial charge in [-0.3, -0.25) is 20.0 Å². The topological polar surface area (TPSA) is 69.7 Å². The molecule has 0 aliphatic carbocycles. The van der Waals surface area contributed by atoms with Crippen LogP contribution in [0.3, 0.4) is 0 Å². The third-order valence-corrected chi connectivity index (χ3v) is 4.39. The number of hydrogen-bond acceptors (Lipinski definition) is 5. The second-order valence-electron chi connectivity index (χ2n) is 6.00. The number of H-pyrrole nitrogens is 1. The van der Waals surface area contributed by atoms with Crippen LogP contribution in [0.15, 0.2) is 55.1 Å². The molecule has 0 aromatic carbocycles. The molecule has 3 aromatic rings. The van der Waals surface area contributed by atoms with Gasteiger partial charge in [-0.2, -0.15) is 5.10 Å². The summed E-state index contributed by atoms with van der Waals surface area (Å²) in [6, 6.07) is 10.5. The van der Waals surface area contributed by atoms with Crippen molar-refractivity contribution in [1.82, 2.24) is 30.4 Å². The maximum atomic E-state index is 4.43. The monoisotopic (exact) mass is 356 g/mol. The number of pyridine rings is 2. The van der Waals surface area contributed by atoms with E-state index in [4.69, 9.17) is 0 Å². The maximum Gasteiger partial charge on any atom is 0.0939 e. The van der Waals surface area contributed by atoms with Crippen LogP contribution in [0.25, 0.3) is 11.3 Å². The summed E-state index contributed by atoms with van der Waals surface area (Å²) in [5.74, 6) is 0. The summed E-state index contributed by atoms with van der Waals surface area (Å²) in [5.41, 5.74) is 4.33. The van der Waals surface area contributed by atoms with Gasteiger partial charge < -0.3 is 5.32 Å². The molecule has 1 fully saturated rings. The van der Waals surface area contributed by atoms with Crippen molar-refractivity contribution < 1.29 is 0 Å². The molecule has 25 heavy (non-hydrogen) atoms. The quantitative estimate of drug-likeness (QED) is 0.751. The Balaban J connectivity index is 0.00000182. The zero-order chi connectivity index (χ0) is 16.2. The number of hydrogen-bond donors (Lipinski definition) is 2. The Morgan fingerprint density at radius 1 is 1.12 bits per heavy atom. The molecule has 1 unspecified atom stereocenters. The van der Waals surface area contributed by atoms with Crippen LogP contribution in [0.2, 0.25) is 0 Å². The smallest absolute Gasteiger partial charge is 0.0939 e. The molecular weight excluding hydrogens is 336 g/mol. The zero-order valence-corrected chi connectivity index (χ0v) is 14.6. The zero-order valence-electron chi connectivity index (χ0n) is 13.8. The van der Waals surface area contributed by atoms with Gasteiger partial charge in [0.25, 0.3) is 0 Å². The largest absolute Gasteiger partial charge is 0.314 e. The highest BCUT2D eigenvalue weighted by molar-refractivity contribution is 5.85. The summed E-state index contributed by atoms with van der Waals surface area (Å²) in [6.45, 7) is 3.78. The predicted molar refractivity (Wildman–Crippen MR) is 99.3 cm³/mol. The van der Waals surface area contributed by atoms with Gasteiger partial charge in [0, 0.05) is 68.3 Å². The van der Waals surface area contributed by atoms with Crippen molar-refractivity contribution in [2.45, 2.75) is 12.6 Å². The first-order valence-electron chi connectivity index (χ1n) is 8.19. The molecule has 130 valence electrons. The Labute approximate surface area is 153 Å². The molecule has 0 saturated carbocycles. The van der Waals surface area contributed by atoms with E-state index >= 15 is 0 Å². The fourth-order valence-corrected chi connectivity index (χ4v) is 3.16. The van der Waals surface area contributed by atoms with E-state index in [1.54, 1.807) is 6.20 Å². The molecular formula is C18H21ClN6. The molecule has 0 amide bonds. The molecule has 1 aliphatic rings. The third kappa shape index (κ3) is 4.04. The summed E-state index contributed by atoms with van der Waals surface area (Å²) in [6.07, 6.45) is 7.39. The second kappa shape index (κ2) is 8.20. The van der Waals surface area contributed by atoms with Crippen molar-refractivity contribution in [2.75, 3.05) is 19.6 Å². The lowest BCUT2D eigenvalue weighted by Gasteiger charge is -2.35. The normalized spacial score (nSPS) is 17.8. The molecule has 1 saturated heterocycles.